The summed E-state index contributed by atoms with van der Waals surface area (Å²) in [5.74, 6) is 0.701. The smallest absolute Gasteiger partial charge is 0.410 e. The molecule has 124 valence electrons. The number of carbonyl (C=O) groups excluding carboxylic acids is 1. The highest BCUT2D eigenvalue weighted by Gasteiger charge is 2.34. The minimum absolute atomic E-state index is 0.0859. The van der Waals surface area contributed by atoms with Gasteiger partial charge in [-0.1, -0.05) is 0 Å². The molecule has 1 aromatic rings. The zero-order valence-corrected chi connectivity index (χ0v) is 14.3. The second kappa shape index (κ2) is 6.20. The number of hydrogen-bond acceptors (Lipinski definition) is 6. The fourth-order valence-electron chi connectivity index (χ4n) is 2.56. The molecule has 1 aromatic heterocycles. The van der Waals surface area contributed by atoms with Gasteiger partial charge >= 0.3 is 6.09 Å². The molecule has 8 nitrogen and oxygen atoms in total. The van der Waals surface area contributed by atoms with Crippen LogP contribution in [0.15, 0.2) is 0 Å². The van der Waals surface area contributed by atoms with Crippen LogP contribution in [0.1, 0.15) is 40.4 Å². The average Bonchev–Trinajstić information content (AvgIpc) is 2.76. The highest BCUT2D eigenvalue weighted by Crippen LogP contribution is 2.19. The van der Waals surface area contributed by atoms with E-state index in [0.717, 1.165) is 6.54 Å². The van der Waals surface area contributed by atoms with Crippen LogP contribution in [-0.2, 0) is 18.3 Å². The summed E-state index contributed by atoms with van der Waals surface area (Å²) in [7, 11) is 1.75. The molecular weight excluding hydrogens is 284 g/mol. The molecule has 0 unspecified atom stereocenters. The maximum atomic E-state index is 12.3. The van der Waals surface area contributed by atoms with Gasteiger partial charge in [-0.25, -0.2) is 4.79 Å². The third-order valence-electron chi connectivity index (χ3n) is 3.64. The van der Waals surface area contributed by atoms with E-state index >= 15 is 0 Å². The number of hydrogen-bond donors (Lipinski definition) is 0. The van der Waals surface area contributed by atoms with Gasteiger partial charge in [0.15, 0.2) is 5.82 Å². The molecule has 0 N–H and O–H groups in total. The van der Waals surface area contributed by atoms with Crippen LogP contribution in [-0.4, -0.2) is 66.9 Å². The van der Waals surface area contributed by atoms with Gasteiger partial charge in [0.25, 0.3) is 0 Å². The lowest BCUT2D eigenvalue weighted by Gasteiger charge is -2.43. The SMILES string of the molecule is C[C@@H]1CN(C(=O)OC(C)(C)C)[C@@H](C)CN1Cc1nnn(C)n1. The lowest BCUT2D eigenvalue weighted by atomic mass is 10.1. The summed E-state index contributed by atoms with van der Waals surface area (Å²) >= 11 is 0. The van der Waals surface area contributed by atoms with E-state index in [9.17, 15) is 4.79 Å². The minimum atomic E-state index is -0.472. The van der Waals surface area contributed by atoms with Crippen molar-refractivity contribution in [2.45, 2.75) is 58.8 Å². The zero-order chi connectivity index (χ0) is 16.5. The van der Waals surface area contributed by atoms with Crippen molar-refractivity contribution in [3.05, 3.63) is 5.82 Å². The number of tetrazole rings is 1. The van der Waals surface area contributed by atoms with Gasteiger partial charge < -0.3 is 9.64 Å². The Bertz CT molecular complexity index is 524. The van der Waals surface area contributed by atoms with Crippen LogP contribution in [0.3, 0.4) is 0 Å². The fraction of sp³-hybridized carbons (Fsp3) is 0.857. The summed E-state index contributed by atoms with van der Waals surface area (Å²) in [6, 6.07) is 0.301. The maximum Gasteiger partial charge on any atom is 0.410 e. The Kier molecular flexibility index (Phi) is 4.69. The fourth-order valence-corrected chi connectivity index (χ4v) is 2.56. The first-order valence-electron chi connectivity index (χ1n) is 7.62. The van der Waals surface area contributed by atoms with Gasteiger partial charge in [0.05, 0.1) is 13.6 Å². The van der Waals surface area contributed by atoms with Crippen molar-refractivity contribution in [1.82, 2.24) is 30.0 Å². The molecule has 0 radical (unpaired) electrons. The van der Waals surface area contributed by atoms with Crippen molar-refractivity contribution in [2.24, 2.45) is 7.05 Å². The number of nitrogens with zero attached hydrogens (tertiary/aromatic N) is 6. The highest BCUT2D eigenvalue weighted by atomic mass is 16.6. The molecule has 8 heteroatoms. The molecule has 1 aliphatic heterocycles. The Morgan fingerprint density at radius 3 is 2.50 bits per heavy atom. The van der Waals surface area contributed by atoms with Gasteiger partial charge in [0.2, 0.25) is 0 Å². The molecule has 2 atom stereocenters. The van der Waals surface area contributed by atoms with Crippen LogP contribution in [0.2, 0.25) is 0 Å². The second-order valence-electron chi connectivity index (χ2n) is 6.96. The van der Waals surface area contributed by atoms with Crippen molar-refractivity contribution < 1.29 is 9.53 Å². The number of aromatic nitrogens is 4. The molecular formula is C14H26N6O2. The normalized spacial score (nSPS) is 23.6. The van der Waals surface area contributed by atoms with E-state index in [0.29, 0.717) is 18.9 Å². The minimum Gasteiger partial charge on any atom is -0.444 e. The number of ether oxygens (including phenoxy) is 1. The highest BCUT2D eigenvalue weighted by molar-refractivity contribution is 5.68. The van der Waals surface area contributed by atoms with Crippen molar-refractivity contribution >= 4 is 6.09 Å². The molecule has 2 heterocycles. The summed E-state index contributed by atoms with van der Waals surface area (Å²) in [5, 5.41) is 12.1. The van der Waals surface area contributed by atoms with E-state index in [1.54, 1.807) is 11.9 Å². The Labute approximate surface area is 131 Å². The molecule has 1 saturated heterocycles. The summed E-state index contributed by atoms with van der Waals surface area (Å²) < 4.78 is 5.48. The number of amides is 1. The third-order valence-corrected chi connectivity index (χ3v) is 3.64. The van der Waals surface area contributed by atoms with Crippen molar-refractivity contribution in [2.75, 3.05) is 13.1 Å². The number of rotatable bonds is 2. The lowest BCUT2D eigenvalue weighted by Crippen LogP contribution is -2.58. The summed E-state index contributed by atoms with van der Waals surface area (Å²) in [4.78, 5) is 17.8. The average molecular weight is 310 g/mol. The van der Waals surface area contributed by atoms with Crippen LogP contribution >= 0.6 is 0 Å². The molecule has 0 bridgehead atoms. The Balaban J connectivity index is 1.97. The molecule has 1 amide bonds. The molecule has 0 spiro atoms. The van der Waals surface area contributed by atoms with Gasteiger partial charge in [-0.05, 0) is 39.8 Å². The van der Waals surface area contributed by atoms with E-state index in [-0.39, 0.29) is 18.2 Å². The molecule has 0 aliphatic carbocycles. The van der Waals surface area contributed by atoms with Crippen molar-refractivity contribution in [1.29, 1.82) is 0 Å². The topological polar surface area (TPSA) is 76.4 Å². The first-order chi connectivity index (χ1) is 10.2. The summed E-state index contributed by atoms with van der Waals surface area (Å²) in [6.07, 6.45) is -0.246. The van der Waals surface area contributed by atoms with Gasteiger partial charge in [-0.2, -0.15) is 4.80 Å². The van der Waals surface area contributed by atoms with Crippen LogP contribution in [0, 0.1) is 0 Å². The quantitative estimate of drug-likeness (QED) is 0.812. The summed E-state index contributed by atoms with van der Waals surface area (Å²) in [5.41, 5.74) is -0.472. The predicted molar refractivity (Wildman–Crippen MR) is 81.1 cm³/mol. The van der Waals surface area contributed by atoms with E-state index < -0.39 is 5.60 Å². The van der Waals surface area contributed by atoms with Crippen molar-refractivity contribution in [3.8, 4) is 0 Å². The number of carbonyl (C=O) groups is 1. The first kappa shape index (κ1) is 16.7. The van der Waals surface area contributed by atoms with E-state index in [1.807, 2.05) is 27.7 Å². The lowest BCUT2D eigenvalue weighted by molar-refractivity contribution is -0.0121. The van der Waals surface area contributed by atoms with Gasteiger partial charge in [0, 0.05) is 25.2 Å². The molecule has 0 aromatic carbocycles. The van der Waals surface area contributed by atoms with E-state index in [1.165, 1.54) is 4.80 Å². The summed E-state index contributed by atoms with van der Waals surface area (Å²) in [6.45, 7) is 11.8. The molecule has 2 rings (SSSR count). The standard InChI is InChI=1S/C14H26N6O2/c1-10-8-20(13(21)22-14(3,4)5)11(2)7-19(10)9-12-15-17-18(6)16-12/h10-11H,7-9H2,1-6H3/t10-,11+/m1/s1. The largest absolute Gasteiger partial charge is 0.444 e. The van der Waals surface area contributed by atoms with Crippen LogP contribution < -0.4 is 0 Å². The van der Waals surface area contributed by atoms with Crippen LogP contribution in [0.25, 0.3) is 0 Å². The van der Waals surface area contributed by atoms with Gasteiger partial charge in [-0.15, -0.1) is 10.2 Å². The first-order valence-corrected chi connectivity index (χ1v) is 7.62. The van der Waals surface area contributed by atoms with Crippen LogP contribution in [0.5, 0.6) is 0 Å². The molecule has 1 aliphatic rings. The molecule has 1 fully saturated rings. The van der Waals surface area contributed by atoms with Crippen molar-refractivity contribution in [3.63, 3.8) is 0 Å². The Morgan fingerprint density at radius 1 is 1.27 bits per heavy atom. The van der Waals surface area contributed by atoms with E-state index in [2.05, 4.69) is 27.2 Å². The third kappa shape index (κ3) is 4.16. The van der Waals surface area contributed by atoms with Gasteiger partial charge in [-0.3, -0.25) is 4.90 Å². The maximum absolute atomic E-state index is 12.3. The van der Waals surface area contributed by atoms with Gasteiger partial charge in [0.1, 0.15) is 5.60 Å². The zero-order valence-electron chi connectivity index (χ0n) is 14.3. The predicted octanol–water partition coefficient (Wildman–Crippen LogP) is 1.04. The Hall–Kier alpha value is -1.70. The molecule has 22 heavy (non-hydrogen) atoms. The second-order valence-corrected chi connectivity index (χ2v) is 6.96. The van der Waals surface area contributed by atoms with Crippen LogP contribution in [0.4, 0.5) is 4.79 Å². The monoisotopic (exact) mass is 310 g/mol. The van der Waals surface area contributed by atoms with E-state index in [4.69, 9.17) is 4.74 Å². The molecule has 0 saturated carbocycles. The number of piperazine rings is 1. The number of aryl methyl sites for hydroxylation is 1. The Morgan fingerprint density at radius 2 is 1.95 bits per heavy atom.